The van der Waals surface area contributed by atoms with Gasteiger partial charge in [0.1, 0.15) is 0 Å². The van der Waals surface area contributed by atoms with Gasteiger partial charge in [-0.25, -0.2) is 0 Å². The summed E-state index contributed by atoms with van der Waals surface area (Å²) in [5.74, 6) is 0. The zero-order valence-electron chi connectivity index (χ0n) is 10.7. The average molecular weight is 221 g/mol. The molecule has 1 N–H and O–H groups in total. The van der Waals surface area contributed by atoms with Gasteiger partial charge in [0.25, 0.3) is 0 Å². The van der Waals surface area contributed by atoms with Crippen LogP contribution in [0.2, 0.25) is 0 Å². The summed E-state index contributed by atoms with van der Waals surface area (Å²) in [4.78, 5) is 8.69. The van der Waals surface area contributed by atoms with Crippen LogP contribution in [0.3, 0.4) is 0 Å². The average Bonchev–Trinajstić information content (AvgIpc) is 2.29. The van der Waals surface area contributed by atoms with Crippen molar-refractivity contribution in [2.45, 2.75) is 52.5 Å². The van der Waals surface area contributed by atoms with Crippen molar-refractivity contribution < 1.29 is 0 Å². The van der Waals surface area contributed by atoms with Crippen LogP contribution in [0.4, 0.5) is 0 Å². The molecule has 1 heterocycles. The molecule has 0 aliphatic carbocycles. The highest BCUT2D eigenvalue weighted by atomic mass is 14.9. The van der Waals surface area contributed by atoms with Gasteiger partial charge in [0.15, 0.2) is 0 Å². The number of hydrogen-bond acceptors (Lipinski definition) is 3. The number of hydrogen-bond donors (Lipinski definition) is 1. The molecule has 1 rings (SSSR count). The highest BCUT2D eigenvalue weighted by molar-refractivity contribution is 5.09. The first-order valence-electron chi connectivity index (χ1n) is 6.27. The first-order chi connectivity index (χ1) is 7.77. The van der Waals surface area contributed by atoms with E-state index in [0.717, 1.165) is 24.4 Å². The topological polar surface area (TPSA) is 37.8 Å². The molecule has 1 aromatic rings. The molecule has 3 heteroatoms. The van der Waals surface area contributed by atoms with Gasteiger partial charge in [-0.2, -0.15) is 0 Å². The van der Waals surface area contributed by atoms with Crippen LogP contribution in [0, 0.1) is 6.92 Å². The summed E-state index contributed by atoms with van der Waals surface area (Å²) in [7, 11) is 0. The molecule has 90 valence electrons. The SMILES string of the molecule is CCCNC(CCC)Cc1nccnc1C. The van der Waals surface area contributed by atoms with Crippen LogP contribution < -0.4 is 5.32 Å². The van der Waals surface area contributed by atoms with Crippen LogP contribution in [-0.2, 0) is 6.42 Å². The van der Waals surface area contributed by atoms with Gasteiger partial charge in [0.05, 0.1) is 11.4 Å². The third kappa shape index (κ3) is 4.27. The normalized spacial score (nSPS) is 12.7. The van der Waals surface area contributed by atoms with Crippen molar-refractivity contribution in [2.75, 3.05) is 6.54 Å². The van der Waals surface area contributed by atoms with E-state index in [4.69, 9.17) is 0 Å². The zero-order chi connectivity index (χ0) is 11.8. The fourth-order valence-electron chi connectivity index (χ4n) is 1.84. The van der Waals surface area contributed by atoms with Gasteiger partial charge in [0.2, 0.25) is 0 Å². The predicted molar refractivity (Wildman–Crippen MR) is 67.5 cm³/mol. The van der Waals surface area contributed by atoms with Crippen LogP contribution >= 0.6 is 0 Å². The van der Waals surface area contributed by atoms with E-state index >= 15 is 0 Å². The first kappa shape index (κ1) is 13.1. The fraction of sp³-hybridized carbons (Fsp3) is 0.692. The minimum atomic E-state index is 0.542. The molecule has 0 aliphatic heterocycles. The van der Waals surface area contributed by atoms with E-state index in [2.05, 4.69) is 29.1 Å². The number of aromatic nitrogens is 2. The van der Waals surface area contributed by atoms with E-state index in [9.17, 15) is 0 Å². The number of rotatable bonds is 7. The highest BCUT2D eigenvalue weighted by Gasteiger charge is 2.10. The summed E-state index contributed by atoms with van der Waals surface area (Å²) < 4.78 is 0. The summed E-state index contributed by atoms with van der Waals surface area (Å²) in [6.45, 7) is 7.54. The summed E-state index contributed by atoms with van der Waals surface area (Å²) in [5, 5.41) is 3.58. The lowest BCUT2D eigenvalue weighted by atomic mass is 10.0. The summed E-state index contributed by atoms with van der Waals surface area (Å²) in [6.07, 6.45) is 8.13. The second-order valence-corrected chi connectivity index (χ2v) is 4.23. The summed E-state index contributed by atoms with van der Waals surface area (Å²) in [6, 6.07) is 0.542. The molecule has 1 aromatic heterocycles. The van der Waals surface area contributed by atoms with E-state index in [0.29, 0.717) is 6.04 Å². The zero-order valence-corrected chi connectivity index (χ0v) is 10.7. The Kier molecular flexibility index (Phi) is 6.01. The lowest BCUT2D eigenvalue weighted by Crippen LogP contribution is -2.32. The summed E-state index contributed by atoms with van der Waals surface area (Å²) in [5.41, 5.74) is 2.19. The molecule has 16 heavy (non-hydrogen) atoms. The van der Waals surface area contributed by atoms with E-state index < -0.39 is 0 Å². The summed E-state index contributed by atoms with van der Waals surface area (Å²) >= 11 is 0. The second-order valence-electron chi connectivity index (χ2n) is 4.23. The molecule has 0 amide bonds. The highest BCUT2D eigenvalue weighted by Crippen LogP contribution is 2.07. The molecule has 3 nitrogen and oxygen atoms in total. The van der Waals surface area contributed by atoms with Crippen molar-refractivity contribution in [3.8, 4) is 0 Å². The lowest BCUT2D eigenvalue weighted by Gasteiger charge is -2.17. The molecule has 0 spiro atoms. The fourth-order valence-corrected chi connectivity index (χ4v) is 1.84. The van der Waals surface area contributed by atoms with Gasteiger partial charge in [-0.15, -0.1) is 0 Å². The van der Waals surface area contributed by atoms with Crippen LogP contribution in [0.25, 0.3) is 0 Å². The maximum absolute atomic E-state index is 4.41. The van der Waals surface area contributed by atoms with Crippen molar-refractivity contribution >= 4 is 0 Å². The number of aryl methyl sites for hydroxylation is 1. The van der Waals surface area contributed by atoms with Crippen LogP contribution in [-0.4, -0.2) is 22.6 Å². The Labute approximate surface area is 98.7 Å². The van der Waals surface area contributed by atoms with E-state index in [1.54, 1.807) is 12.4 Å². The molecule has 0 fully saturated rings. The van der Waals surface area contributed by atoms with E-state index in [1.165, 1.54) is 19.3 Å². The van der Waals surface area contributed by atoms with Crippen molar-refractivity contribution in [3.63, 3.8) is 0 Å². The molecule has 1 unspecified atom stereocenters. The first-order valence-corrected chi connectivity index (χ1v) is 6.27. The van der Waals surface area contributed by atoms with E-state index in [1.807, 2.05) is 6.92 Å². The Morgan fingerprint density at radius 3 is 2.56 bits per heavy atom. The molecule has 0 aromatic carbocycles. The Bertz CT molecular complexity index is 299. The quantitative estimate of drug-likeness (QED) is 0.768. The van der Waals surface area contributed by atoms with Gasteiger partial charge < -0.3 is 5.32 Å². The Morgan fingerprint density at radius 1 is 1.19 bits per heavy atom. The van der Waals surface area contributed by atoms with Crippen molar-refractivity contribution in [1.29, 1.82) is 0 Å². The molecule has 1 atom stereocenters. The van der Waals surface area contributed by atoms with Crippen molar-refractivity contribution in [2.24, 2.45) is 0 Å². The van der Waals surface area contributed by atoms with Crippen LogP contribution in [0.15, 0.2) is 12.4 Å². The predicted octanol–water partition coefficient (Wildman–Crippen LogP) is 2.50. The molecule has 0 saturated heterocycles. The number of nitrogens with one attached hydrogen (secondary N) is 1. The van der Waals surface area contributed by atoms with Crippen molar-refractivity contribution in [1.82, 2.24) is 15.3 Å². The van der Waals surface area contributed by atoms with Gasteiger partial charge in [-0.05, 0) is 26.3 Å². The second kappa shape index (κ2) is 7.34. The van der Waals surface area contributed by atoms with Gasteiger partial charge >= 0.3 is 0 Å². The Hall–Kier alpha value is -0.960. The van der Waals surface area contributed by atoms with Crippen molar-refractivity contribution in [3.05, 3.63) is 23.8 Å². The van der Waals surface area contributed by atoms with Gasteiger partial charge in [0, 0.05) is 24.9 Å². The monoisotopic (exact) mass is 221 g/mol. The molecule has 0 bridgehead atoms. The Morgan fingerprint density at radius 2 is 1.94 bits per heavy atom. The molecular weight excluding hydrogens is 198 g/mol. The third-order valence-corrected chi connectivity index (χ3v) is 2.74. The van der Waals surface area contributed by atoms with Crippen LogP contribution in [0.5, 0.6) is 0 Å². The maximum atomic E-state index is 4.41. The molecular formula is C13H23N3. The molecule has 0 aliphatic rings. The minimum Gasteiger partial charge on any atom is -0.314 e. The largest absolute Gasteiger partial charge is 0.314 e. The lowest BCUT2D eigenvalue weighted by molar-refractivity contribution is 0.467. The van der Waals surface area contributed by atoms with Gasteiger partial charge in [-0.3, -0.25) is 9.97 Å². The van der Waals surface area contributed by atoms with Gasteiger partial charge in [-0.1, -0.05) is 20.3 Å². The molecule has 0 saturated carbocycles. The smallest absolute Gasteiger partial charge is 0.0631 e. The molecule has 0 radical (unpaired) electrons. The Balaban J connectivity index is 2.56. The van der Waals surface area contributed by atoms with E-state index in [-0.39, 0.29) is 0 Å². The maximum Gasteiger partial charge on any atom is 0.0631 e. The standard InChI is InChI=1S/C13H23N3/c1-4-6-12(15-7-5-2)10-13-11(3)14-8-9-16-13/h8-9,12,15H,4-7,10H2,1-3H3. The minimum absolute atomic E-state index is 0.542. The third-order valence-electron chi connectivity index (χ3n) is 2.74. The number of nitrogens with zero attached hydrogens (tertiary/aromatic N) is 2. The van der Waals surface area contributed by atoms with Crippen LogP contribution in [0.1, 0.15) is 44.5 Å².